The molecule has 0 spiro atoms. The standard InChI is InChI=1S/C33H38BrN5O/c1-24(2)28-9-3-5-11-30(28)37-18-20-38(21-19-37)33(40)25-8-7-17-36(22-25)23-32-35-29-10-4-6-12-31(29)39(32)27-15-13-26(34)14-16-27/h3-6,9-16,24-25H,7-8,17-23H2,1-2H3/t25-/m0/s1. The summed E-state index contributed by atoms with van der Waals surface area (Å²) in [6, 6.07) is 25.4. The number of likely N-dealkylation sites (tertiary alicyclic amines) is 1. The molecule has 1 aromatic heterocycles. The van der Waals surface area contributed by atoms with Crippen molar-refractivity contribution in [1.29, 1.82) is 0 Å². The molecule has 208 valence electrons. The highest BCUT2D eigenvalue weighted by Gasteiger charge is 2.32. The van der Waals surface area contributed by atoms with Crippen LogP contribution in [0.3, 0.4) is 0 Å². The van der Waals surface area contributed by atoms with Crippen LogP contribution < -0.4 is 4.90 Å². The fourth-order valence-electron chi connectivity index (χ4n) is 6.35. The highest BCUT2D eigenvalue weighted by molar-refractivity contribution is 9.10. The third-order valence-electron chi connectivity index (χ3n) is 8.43. The van der Waals surface area contributed by atoms with Crippen LogP contribution in [0.25, 0.3) is 16.7 Å². The highest BCUT2D eigenvalue weighted by Crippen LogP contribution is 2.29. The van der Waals surface area contributed by atoms with Gasteiger partial charge < -0.3 is 9.80 Å². The van der Waals surface area contributed by atoms with Crippen molar-refractivity contribution in [3.05, 3.63) is 88.7 Å². The number of piperidine rings is 1. The molecule has 7 heteroatoms. The first kappa shape index (κ1) is 27.0. The van der Waals surface area contributed by atoms with E-state index in [0.717, 1.165) is 85.7 Å². The minimum atomic E-state index is 0.0498. The summed E-state index contributed by atoms with van der Waals surface area (Å²) < 4.78 is 3.33. The van der Waals surface area contributed by atoms with Crippen LogP contribution in [0, 0.1) is 5.92 Å². The first-order valence-corrected chi connectivity index (χ1v) is 15.3. The molecule has 0 aliphatic carbocycles. The maximum absolute atomic E-state index is 13.7. The Hall–Kier alpha value is -3.16. The van der Waals surface area contributed by atoms with Crippen LogP contribution in [0.2, 0.25) is 0 Å². The average molecular weight is 601 g/mol. The van der Waals surface area contributed by atoms with Gasteiger partial charge in [0.2, 0.25) is 5.91 Å². The van der Waals surface area contributed by atoms with E-state index in [1.807, 2.05) is 6.07 Å². The number of piperazine rings is 1. The van der Waals surface area contributed by atoms with Gasteiger partial charge in [0, 0.05) is 48.6 Å². The number of para-hydroxylation sites is 3. The van der Waals surface area contributed by atoms with E-state index in [-0.39, 0.29) is 5.92 Å². The molecule has 0 saturated carbocycles. The van der Waals surface area contributed by atoms with Crippen LogP contribution in [-0.4, -0.2) is 64.5 Å². The second-order valence-corrected chi connectivity index (χ2v) is 12.3. The molecular formula is C33H38BrN5O. The third kappa shape index (κ3) is 5.54. The smallest absolute Gasteiger partial charge is 0.227 e. The van der Waals surface area contributed by atoms with Crippen LogP contribution >= 0.6 is 15.9 Å². The minimum absolute atomic E-state index is 0.0498. The number of hydrogen-bond acceptors (Lipinski definition) is 4. The molecule has 3 aromatic carbocycles. The Bertz CT molecular complexity index is 1470. The molecule has 6 nitrogen and oxygen atoms in total. The zero-order valence-electron chi connectivity index (χ0n) is 23.5. The van der Waals surface area contributed by atoms with Gasteiger partial charge in [0.1, 0.15) is 5.82 Å². The van der Waals surface area contributed by atoms with Crippen LogP contribution in [0.1, 0.15) is 44.0 Å². The normalized spacial score (nSPS) is 18.6. The number of benzene rings is 3. The number of rotatable bonds is 6. The van der Waals surface area contributed by atoms with Gasteiger partial charge in [-0.2, -0.15) is 0 Å². The lowest BCUT2D eigenvalue weighted by atomic mass is 9.96. The lowest BCUT2D eigenvalue weighted by Crippen LogP contribution is -2.52. The van der Waals surface area contributed by atoms with Gasteiger partial charge in [-0.3, -0.25) is 14.3 Å². The highest BCUT2D eigenvalue weighted by atomic mass is 79.9. The fraction of sp³-hybridized carbons (Fsp3) is 0.394. The number of fused-ring (bicyclic) bond motifs is 1. The van der Waals surface area contributed by atoms with Crippen molar-refractivity contribution >= 4 is 38.6 Å². The summed E-state index contributed by atoms with van der Waals surface area (Å²) in [5.74, 6) is 1.88. The van der Waals surface area contributed by atoms with Crippen LogP contribution in [0.4, 0.5) is 5.69 Å². The number of carbonyl (C=O) groups is 1. The molecule has 0 N–H and O–H groups in total. The fourth-order valence-corrected chi connectivity index (χ4v) is 6.61. The molecule has 1 amide bonds. The van der Waals surface area contributed by atoms with Crippen LogP contribution in [0.15, 0.2) is 77.3 Å². The summed E-state index contributed by atoms with van der Waals surface area (Å²) in [6.45, 7) is 10.4. The Morgan fingerprint density at radius 2 is 1.65 bits per heavy atom. The van der Waals surface area contributed by atoms with Crippen molar-refractivity contribution in [3.8, 4) is 5.69 Å². The van der Waals surface area contributed by atoms with Crippen molar-refractivity contribution in [2.24, 2.45) is 5.92 Å². The molecule has 3 heterocycles. The zero-order chi connectivity index (χ0) is 27.6. The van der Waals surface area contributed by atoms with E-state index in [0.29, 0.717) is 11.8 Å². The largest absolute Gasteiger partial charge is 0.368 e. The van der Waals surface area contributed by atoms with Crippen LogP contribution in [-0.2, 0) is 11.3 Å². The lowest BCUT2D eigenvalue weighted by Gasteiger charge is -2.40. The van der Waals surface area contributed by atoms with E-state index in [1.54, 1.807) is 0 Å². The van der Waals surface area contributed by atoms with Crippen molar-refractivity contribution in [1.82, 2.24) is 19.4 Å². The predicted molar refractivity (Wildman–Crippen MR) is 166 cm³/mol. The molecule has 40 heavy (non-hydrogen) atoms. The van der Waals surface area contributed by atoms with Gasteiger partial charge in [-0.1, -0.05) is 60.1 Å². The number of anilines is 1. The van der Waals surface area contributed by atoms with Crippen molar-refractivity contribution in [2.75, 3.05) is 44.2 Å². The molecule has 2 aliphatic heterocycles. The summed E-state index contributed by atoms with van der Waals surface area (Å²) in [6.07, 6.45) is 2.01. The first-order chi connectivity index (χ1) is 19.5. The van der Waals surface area contributed by atoms with E-state index in [9.17, 15) is 4.79 Å². The first-order valence-electron chi connectivity index (χ1n) is 14.6. The molecule has 0 bridgehead atoms. The Morgan fingerprint density at radius 3 is 2.42 bits per heavy atom. The van der Waals surface area contributed by atoms with E-state index >= 15 is 0 Å². The molecule has 0 radical (unpaired) electrons. The van der Waals surface area contributed by atoms with Crippen molar-refractivity contribution < 1.29 is 4.79 Å². The molecule has 0 unspecified atom stereocenters. The molecule has 2 fully saturated rings. The van der Waals surface area contributed by atoms with Crippen molar-refractivity contribution in [3.63, 3.8) is 0 Å². The van der Waals surface area contributed by atoms with E-state index in [4.69, 9.17) is 4.98 Å². The predicted octanol–water partition coefficient (Wildman–Crippen LogP) is 6.47. The SMILES string of the molecule is CC(C)c1ccccc1N1CCN(C(=O)[C@H]2CCCN(Cc3nc4ccccc4n3-c3ccc(Br)cc3)C2)CC1. The topological polar surface area (TPSA) is 44.6 Å². The maximum atomic E-state index is 13.7. The number of nitrogens with zero attached hydrogens (tertiary/aromatic N) is 5. The van der Waals surface area contributed by atoms with Gasteiger partial charge in [-0.15, -0.1) is 0 Å². The lowest BCUT2D eigenvalue weighted by molar-refractivity contribution is -0.137. The second kappa shape index (κ2) is 11.8. The summed E-state index contributed by atoms with van der Waals surface area (Å²) in [4.78, 5) is 25.7. The molecule has 1 atom stereocenters. The van der Waals surface area contributed by atoms with E-state index in [1.165, 1.54) is 11.3 Å². The van der Waals surface area contributed by atoms with Crippen LogP contribution in [0.5, 0.6) is 0 Å². The van der Waals surface area contributed by atoms with Gasteiger partial charge in [0.15, 0.2) is 0 Å². The number of halogens is 1. The molecule has 6 rings (SSSR count). The Morgan fingerprint density at radius 1 is 0.925 bits per heavy atom. The number of hydrogen-bond donors (Lipinski definition) is 0. The van der Waals surface area contributed by atoms with E-state index in [2.05, 4.69) is 116 Å². The average Bonchev–Trinajstić information content (AvgIpc) is 3.35. The summed E-state index contributed by atoms with van der Waals surface area (Å²) >= 11 is 3.56. The van der Waals surface area contributed by atoms with Gasteiger partial charge in [-0.25, -0.2) is 4.98 Å². The second-order valence-electron chi connectivity index (χ2n) is 11.4. The number of amides is 1. The summed E-state index contributed by atoms with van der Waals surface area (Å²) in [5, 5.41) is 0. The monoisotopic (exact) mass is 599 g/mol. The number of carbonyl (C=O) groups excluding carboxylic acids is 1. The molecule has 4 aromatic rings. The maximum Gasteiger partial charge on any atom is 0.227 e. The van der Waals surface area contributed by atoms with Gasteiger partial charge in [0.25, 0.3) is 0 Å². The quantitative estimate of drug-likeness (QED) is 0.255. The summed E-state index contributed by atoms with van der Waals surface area (Å²) in [5.41, 5.74) is 5.93. The summed E-state index contributed by atoms with van der Waals surface area (Å²) in [7, 11) is 0. The van der Waals surface area contributed by atoms with E-state index < -0.39 is 0 Å². The number of imidazole rings is 1. The molecule has 2 aliphatic rings. The minimum Gasteiger partial charge on any atom is -0.368 e. The molecular weight excluding hydrogens is 562 g/mol. The Labute approximate surface area is 245 Å². The van der Waals surface area contributed by atoms with Gasteiger partial charge >= 0.3 is 0 Å². The zero-order valence-corrected chi connectivity index (χ0v) is 25.1. The number of aromatic nitrogens is 2. The third-order valence-corrected chi connectivity index (χ3v) is 8.95. The van der Waals surface area contributed by atoms with Crippen molar-refractivity contribution in [2.45, 2.75) is 39.2 Å². The Balaban J connectivity index is 1.13. The van der Waals surface area contributed by atoms with Gasteiger partial charge in [0.05, 0.1) is 23.5 Å². The Kier molecular flexibility index (Phi) is 7.94. The van der Waals surface area contributed by atoms with Gasteiger partial charge in [-0.05, 0) is 73.3 Å². The molecule has 2 saturated heterocycles.